The lowest BCUT2D eigenvalue weighted by Gasteiger charge is -2.05. The number of amides is 1. The molecule has 0 unspecified atom stereocenters. The van der Waals surface area contributed by atoms with Gasteiger partial charge in [-0.3, -0.25) is 4.79 Å². The maximum absolute atomic E-state index is 12.3. The fourth-order valence-electron chi connectivity index (χ4n) is 2.46. The lowest BCUT2D eigenvalue weighted by atomic mass is 10.2. The highest BCUT2D eigenvalue weighted by molar-refractivity contribution is 7.18. The monoisotopic (exact) mass is 419 g/mol. The zero-order valence-corrected chi connectivity index (χ0v) is 16.9. The van der Waals surface area contributed by atoms with Crippen LogP contribution in [-0.2, 0) is 16.0 Å². The van der Waals surface area contributed by atoms with E-state index in [1.807, 2.05) is 12.1 Å². The number of halogens is 1. The van der Waals surface area contributed by atoms with Gasteiger partial charge in [-0.05, 0) is 37.6 Å². The van der Waals surface area contributed by atoms with Crippen LogP contribution in [0, 0.1) is 6.92 Å². The molecular formula is C19H18ClN3O4S. The van der Waals surface area contributed by atoms with Crippen molar-refractivity contribution in [1.82, 2.24) is 10.1 Å². The van der Waals surface area contributed by atoms with Crippen LogP contribution in [0.4, 0.5) is 5.69 Å². The van der Waals surface area contributed by atoms with Crippen molar-refractivity contribution in [3.8, 4) is 10.4 Å². The highest BCUT2D eigenvalue weighted by atomic mass is 35.5. The van der Waals surface area contributed by atoms with Crippen LogP contribution in [0.1, 0.15) is 34.7 Å². The second kappa shape index (κ2) is 8.99. The Morgan fingerprint density at radius 2 is 2.04 bits per heavy atom. The van der Waals surface area contributed by atoms with Crippen LogP contribution in [-0.4, -0.2) is 28.6 Å². The predicted molar refractivity (Wildman–Crippen MR) is 107 cm³/mol. The summed E-state index contributed by atoms with van der Waals surface area (Å²) in [4.78, 5) is 29.9. The van der Waals surface area contributed by atoms with Gasteiger partial charge in [0.2, 0.25) is 11.8 Å². The van der Waals surface area contributed by atoms with Crippen molar-refractivity contribution in [1.29, 1.82) is 0 Å². The average Bonchev–Trinajstić information content (AvgIpc) is 3.27. The van der Waals surface area contributed by atoms with Gasteiger partial charge in [0, 0.05) is 22.7 Å². The molecule has 0 aliphatic carbocycles. The van der Waals surface area contributed by atoms with Crippen molar-refractivity contribution in [3.05, 3.63) is 51.9 Å². The largest absolute Gasteiger partial charge is 0.462 e. The van der Waals surface area contributed by atoms with Crippen molar-refractivity contribution in [2.24, 2.45) is 0 Å². The first-order valence-electron chi connectivity index (χ1n) is 8.62. The Balaban J connectivity index is 1.78. The lowest BCUT2D eigenvalue weighted by Crippen LogP contribution is -2.14. The number of esters is 1. The van der Waals surface area contributed by atoms with E-state index in [9.17, 15) is 9.59 Å². The van der Waals surface area contributed by atoms with Gasteiger partial charge in [-0.15, -0.1) is 11.3 Å². The van der Waals surface area contributed by atoms with E-state index in [4.69, 9.17) is 20.9 Å². The molecule has 0 saturated heterocycles. The minimum absolute atomic E-state index is 0.149. The van der Waals surface area contributed by atoms with Gasteiger partial charge in [0.15, 0.2) is 5.82 Å². The number of anilines is 1. The van der Waals surface area contributed by atoms with E-state index >= 15 is 0 Å². The topological polar surface area (TPSA) is 94.3 Å². The number of hydrogen-bond donors (Lipinski definition) is 1. The molecule has 0 aliphatic heterocycles. The van der Waals surface area contributed by atoms with E-state index in [0.29, 0.717) is 33.7 Å². The molecule has 0 spiro atoms. The number of aromatic nitrogens is 2. The Kier molecular flexibility index (Phi) is 6.43. The van der Waals surface area contributed by atoms with Gasteiger partial charge in [-0.25, -0.2) is 4.79 Å². The number of carbonyl (C=O) groups excluding carboxylic acids is 2. The molecule has 3 rings (SSSR count). The van der Waals surface area contributed by atoms with Crippen molar-refractivity contribution < 1.29 is 18.8 Å². The smallest absolute Gasteiger partial charge is 0.350 e. The Morgan fingerprint density at radius 1 is 1.29 bits per heavy atom. The molecule has 0 aliphatic rings. The maximum atomic E-state index is 12.3. The van der Waals surface area contributed by atoms with Crippen LogP contribution in [0.15, 0.2) is 34.9 Å². The zero-order valence-electron chi connectivity index (χ0n) is 15.3. The Labute approximate surface area is 170 Å². The number of benzene rings is 1. The van der Waals surface area contributed by atoms with Crippen LogP contribution < -0.4 is 5.32 Å². The van der Waals surface area contributed by atoms with Gasteiger partial charge in [0.05, 0.1) is 12.3 Å². The van der Waals surface area contributed by atoms with E-state index in [1.165, 1.54) is 11.3 Å². The number of rotatable bonds is 7. The molecule has 146 valence electrons. The standard InChI is InChI=1S/C19H18ClN3O4S/c1-3-26-19(25)18-14(10-15(28-18)12-4-6-13(20)7-5-12)22-16(24)8-9-17-21-11(2)23-27-17/h4-7,10H,3,8-9H2,1-2H3,(H,22,24). The summed E-state index contributed by atoms with van der Waals surface area (Å²) in [5, 5.41) is 7.10. The van der Waals surface area contributed by atoms with Crippen molar-refractivity contribution in [3.63, 3.8) is 0 Å². The average molecular weight is 420 g/mol. The molecule has 28 heavy (non-hydrogen) atoms. The van der Waals surface area contributed by atoms with Gasteiger partial charge in [-0.1, -0.05) is 28.9 Å². The van der Waals surface area contributed by atoms with Gasteiger partial charge in [0.25, 0.3) is 0 Å². The summed E-state index contributed by atoms with van der Waals surface area (Å²) in [6, 6.07) is 9.00. The number of nitrogens with one attached hydrogen (secondary N) is 1. The SMILES string of the molecule is CCOC(=O)c1sc(-c2ccc(Cl)cc2)cc1NC(=O)CCc1nc(C)no1. The van der Waals surface area contributed by atoms with E-state index in [1.54, 1.807) is 32.0 Å². The van der Waals surface area contributed by atoms with Crippen LogP contribution in [0.2, 0.25) is 5.02 Å². The normalized spacial score (nSPS) is 10.7. The molecule has 0 radical (unpaired) electrons. The first-order chi connectivity index (χ1) is 13.5. The zero-order chi connectivity index (χ0) is 20.1. The van der Waals surface area contributed by atoms with Crippen LogP contribution in [0.3, 0.4) is 0 Å². The molecule has 2 aromatic heterocycles. The minimum Gasteiger partial charge on any atom is -0.462 e. The second-order valence-electron chi connectivity index (χ2n) is 5.86. The molecular weight excluding hydrogens is 402 g/mol. The molecule has 0 fully saturated rings. The molecule has 0 saturated carbocycles. The number of carbonyl (C=O) groups is 2. The fourth-order valence-corrected chi connectivity index (χ4v) is 3.60. The molecule has 7 nitrogen and oxygen atoms in total. The number of hydrogen-bond acceptors (Lipinski definition) is 7. The van der Waals surface area contributed by atoms with Gasteiger partial charge in [0.1, 0.15) is 4.88 Å². The Morgan fingerprint density at radius 3 is 2.68 bits per heavy atom. The Bertz CT molecular complexity index is 981. The summed E-state index contributed by atoms with van der Waals surface area (Å²) in [6.45, 7) is 3.69. The second-order valence-corrected chi connectivity index (χ2v) is 7.35. The molecule has 3 aromatic rings. The molecule has 1 aromatic carbocycles. The summed E-state index contributed by atoms with van der Waals surface area (Å²) < 4.78 is 10.1. The van der Waals surface area contributed by atoms with Crippen molar-refractivity contribution in [2.75, 3.05) is 11.9 Å². The van der Waals surface area contributed by atoms with Crippen molar-refractivity contribution >= 4 is 40.5 Å². The van der Waals surface area contributed by atoms with Crippen LogP contribution in [0.5, 0.6) is 0 Å². The van der Waals surface area contributed by atoms with E-state index < -0.39 is 5.97 Å². The third-order valence-electron chi connectivity index (χ3n) is 3.73. The van der Waals surface area contributed by atoms with Crippen molar-refractivity contribution in [2.45, 2.75) is 26.7 Å². The first-order valence-corrected chi connectivity index (χ1v) is 9.81. The quantitative estimate of drug-likeness (QED) is 0.566. The van der Waals surface area contributed by atoms with Gasteiger partial charge >= 0.3 is 5.97 Å². The number of ether oxygens (including phenoxy) is 1. The summed E-state index contributed by atoms with van der Waals surface area (Å²) in [5.41, 5.74) is 1.31. The summed E-state index contributed by atoms with van der Waals surface area (Å²) in [5.74, 6) is 0.174. The summed E-state index contributed by atoms with van der Waals surface area (Å²) in [7, 11) is 0. The van der Waals surface area contributed by atoms with Gasteiger partial charge in [-0.2, -0.15) is 4.98 Å². The molecule has 9 heteroatoms. The maximum Gasteiger partial charge on any atom is 0.350 e. The summed E-state index contributed by atoms with van der Waals surface area (Å²) >= 11 is 7.19. The van der Waals surface area contributed by atoms with E-state index in [2.05, 4.69) is 15.5 Å². The van der Waals surface area contributed by atoms with Gasteiger partial charge < -0.3 is 14.6 Å². The molecule has 0 atom stereocenters. The highest BCUT2D eigenvalue weighted by Gasteiger charge is 2.20. The molecule has 0 bridgehead atoms. The predicted octanol–water partition coefficient (Wildman–Crippen LogP) is 4.51. The van der Waals surface area contributed by atoms with E-state index in [-0.39, 0.29) is 18.9 Å². The highest BCUT2D eigenvalue weighted by Crippen LogP contribution is 2.36. The third kappa shape index (κ3) is 4.96. The van der Waals surface area contributed by atoms with E-state index in [0.717, 1.165) is 10.4 Å². The van der Waals surface area contributed by atoms with Crippen LogP contribution >= 0.6 is 22.9 Å². The number of thiophene rings is 1. The first kappa shape index (κ1) is 20.0. The number of nitrogens with zero attached hydrogens (tertiary/aromatic N) is 2. The minimum atomic E-state index is -0.476. The summed E-state index contributed by atoms with van der Waals surface area (Å²) in [6.07, 6.45) is 0.464. The third-order valence-corrected chi connectivity index (χ3v) is 5.15. The number of aryl methyl sites for hydroxylation is 2. The molecule has 1 amide bonds. The van der Waals surface area contributed by atoms with Crippen LogP contribution in [0.25, 0.3) is 10.4 Å². The lowest BCUT2D eigenvalue weighted by molar-refractivity contribution is -0.116. The molecule has 1 N–H and O–H groups in total. The molecule has 2 heterocycles. The fraction of sp³-hybridized carbons (Fsp3) is 0.263. The Hall–Kier alpha value is -2.71.